The van der Waals surface area contributed by atoms with Crippen LogP contribution in [-0.4, -0.2) is 4.98 Å². The fourth-order valence-corrected chi connectivity index (χ4v) is 3.80. The van der Waals surface area contributed by atoms with E-state index < -0.39 is 0 Å². The van der Waals surface area contributed by atoms with Gasteiger partial charge in [0.2, 0.25) is 0 Å². The minimum Gasteiger partial charge on any atom is -0.431 e. The van der Waals surface area contributed by atoms with Gasteiger partial charge in [0, 0.05) is 21.9 Å². The van der Waals surface area contributed by atoms with Crippen molar-refractivity contribution in [2.24, 2.45) is 0 Å². The van der Waals surface area contributed by atoms with Gasteiger partial charge >= 0.3 is 0 Å². The molecular weight excluding hydrogens is 362 g/mol. The van der Waals surface area contributed by atoms with Gasteiger partial charge in [-0.2, -0.15) is 0 Å². The van der Waals surface area contributed by atoms with E-state index in [1.807, 2.05) is 84.9 Å². The van der Waals surface area contributed by atoms with Crippen molar-refractivity contribution in [1.82, 2.24) is 4.98 Å². The van der Waals surface area contributed by atoms with Crippen LogP contribution in [0.4, 0.5) is 0 Å². The van der Waals surface area contributed by atoms with Crippen LogP contribution in [0.15, 0.2) is 94.6 Å². The number of rotatable bonds is 5. The molecule has 128 valence electrons. The molecule has 2 nitrogen and oxygen atoms in total. The molecule has 1 heterocycles. The Morgan fingerprint density at radius 2 is 1.38 bits per heavy atom. The van der Waals surface area contributed by atoms with E-state index in [4.69, 9.17) is 21.0 Å². The van der Waals surface area contributed by atoms with E-state index in [0.717, 1.165) is 33.2 Å². The summed E-state index contributed by atoms with van der Waals surface area (Å²) in [5.41, 5.74) is 3.99. The highest BCUT2D eigenvalue weighted by molar-refractivity contribution is 7.98. The second kappa shape index (κ2) is 7.81. The van der Waals surface area contributed by atoms with Gasteiger partial charge in [-0.05, 0) is 11.6 Å². The molecule has 26 heavy (non-hydrogen) atoms. The van der Waals surface area contributed by atoms with Crippen LogP contribution in [0, 0.1) is 0 Å². The van der Waals surface area contributed by atoms with Crippen molar-refractivity contribution in [3.8, 4) is 22.6 Å². The molecule has 0 saturated heterocycles. The fraction of sp³-hybridized carbons (Fsp3) is 0.0455. The Hall–Kier alpha value is -2.49. The highest BCUT2D eigenvalue weighted by Gasteiger charge is 2.17. The normalized spacial score (nSPS) is 10.8. The van der Waals surface area contributed by atoms with E-state index in [-0.39, 0.29) is 0 Å². The van der Waals surface area contributed by atoms with Crippen molar-refractivity contribution in [3.63, 3.8) is 0 Å². The summed E-state index contributed by atoms with van der Waals surface area (Å²) in [6, 6.07) is 28.0. The van der Waals surface area contributed by atoms with Crippen LogP contribution in [0.3, 0.4) is 0 Å². The topological polar surface area (TPSA) is 26.0 Å². The minimum absolute atomic E-state index is 0.641. The van der Waals surface area contributed by atoms with Crippen molar-refractivity contribution in [1.29, 1.82) is 0 Å². The van der Waals surface area contributed by atoms with Gasteiger partial charge in [-0.3, -0.25) is 0 Å². The van der Waals surface area contributed by atoms with E-state index in [0.29, 0.717) is 11.0 Å². The van der Waals surface area contributed by atoms with Gasteiger partial charge in [0.1, 0.15) is 5.69 Å². The maximum absolute atomic E-state index is 6.25. The van der Waals surface area contributed by atoms with Crippen LogP contribution in [0.25, 0.3) is 22.6 Å². The third-order valence-electron chi connectivity index (χ3n) is 4.00. The largest absolute Gasteiger partial charge is 0.431 e. The van der Waals surface area contributed by atoms with E-state index in [9.17, 15) is 0 Å². The van der Waals surface area contributed by atoms with E-state index >= 15 is 0 Å². The summed E-state index contributed by atoms with van der Waals surface area (Å²) >= 11 is 7.80. The van der Waals surface area contributed by atoms with Crippen molar-refractivity contribution in [2.45, 2.75) is 11.0 Å². The molecule has 0 aliphatic carbocycles. The van der Waals surface area contributed by atoms with Gasteiger partial charge in [-0.1, -0.05) is 102 Å². The molecule has 0 bridgehead atoms. The van der Waals surface area contributed by atoms with Gasteiger partial charge in [-0.15, -0.1) is 0 Å². The van der Waals surface area contributed by atoms with E-state index in [1.54, 1.807) is 11.8 Å². The molecule has 3 aromatic carbocycles. The predicted molar refractivity (Wildman–Crippen MR) is 108 cm³/mol. The quantitative estimate of drug-likeness (QED) is 0.352. The Kier molecular flexibility index (Phi) is 5.09. The Morgan fingerprint density at radius 3 is 2.08 bits per heavy atom. The first kappa shape index (κ1) is 17.0. The smallest absolute Gasteiger partial charge is 0.257 e. The third-order valence-corrected chi connectivity index (χ3v) is 5.25. The molecule has 0 radical (unpaired) electrons. The van der Waals surface area contributed by atoms with Crippen LogP contribution in [-0.2, 0) is 5.75 Å². The first-order chi connectivity index (χ1) is 12.8. The number of thioether (sulfide) groups is 1. The highest BCUT2D eigenvalue weighted by atomic mass is 35.5. The molecule has 4 aromatic rings. The molecule has 1 aromatic heterocycles. The maximum Gasteiger partial charge on any atom is 0.257 e. The molecule has 0 fully saturated rings. The molecule has 0 unspecified atom stereocenters. The van der Waals surface area contributed by atoms with Gasteiger partial charge in [0.25, 0.3) is 5.22 Å². The molecule has 0 spiro atoms. The predicted octanol–water partition coefficient (Wildman–Crippen LogP) is 6.95. The molecular formula is C22H16ClNOS. The van der Waals surface area contributed by atoms with E-state index in [1.165, 1.54) is 0 Å². The number of halogens is 1. The Morgan fingerprint density at radius 1 is 0.769 bits per heavy atom. The zero-order valence-corrected chi connectivity index (χ0v) is 15.5. The zero-order chi connectivity index (χ0) is 17.8. The first-order valence-electron chi connectivity index (χ1n) is 8.29. The molecule has 0 aliphatic rings. The summed E-state index contributed by atoms with van der Waals surface area (Å²) in [5, 5.41) is 1.40. The van der Waals surface area contributed by atoms with Crippen LogP contribution >= 0.6 is 23.4 Å². The van der Waals surface area contributed by atoms with Gasteiger partial charge < -0.3 is 4.42 Å². The van der Waals surface area contributed by atoms with Crippen LogP contribution < -0.4 is 0 Å². The maximum atomic E-state index is 6.25. The molecule has 0 amide bonds. The Bertz CT molecular complexity index is 942. The van der Waals surface area contributed by atoms with Crippen molar-refractivity contribution < 1.29 is 4.42 Å². The monoisotopic (exact) mass is 377 g/mol. The lowest BCUT2D eigenvalue weighted by atomic mass is 10.1. The SMILES string of the molecule is Clc1ccccc1CSc1nc(-c2ccccc2)c(-c2ccccc2)o1. The average Bonchev–Trinajstić information content (AvgIpc) is 3.13. The molecule has 0 N–H and O–H groups in total. The number of benzene rings is 3. The minimum atomic E-state index is 0.641. The second-order valence-corrected chi connectivity index (χ2v) is 7.10. The molecule has 0 atom stereocenters. The Balaban J connectivity index is 1.68. The highest BCUT2D eigenvalue weighted by Crippen LogP contribution is 2.36. The van der Waals surface area contributed by atoms with Gasteiger partial charge in [0.15, 0.2) is 5.76 Å². The molecule has 4 heteroatoms. The van der Waals surface area contributed by atoms with Crippen molar-refractivity contribution in [2.75, 3.05) is 0 Å². The molecule has 4 rings (SSSR count). The average molecular weight is 378 g/mol. The molecule has 0 aliphatic heterocycles. The zero-order valence-electron chi connectivity index (χ0n) is 13.9. The fourth-order valence-electron chi connectivity index (χ4n) is 2.69. The standard InChI is InChI=1S/C22H16ClNOS/c23-19-14-8-7-13-18(19)15-26-22-24-20(16-9-3-1-4-10-16)21(25-22)17-11-5-2-6-12-17/h1-14H,15H2. The summed E-state index contributed by atoms with van der Waals surface area (Å²) in [4.78, 5) is 4.75. The number of oxazole rings is 1. The summed E-state index contributed by atoms with van der Waals surface area (Å²) in [6.07, 6.45) is 0. The number of nitrogens with zero attached hydrogens (tertiary/aromatic N) is 1. The van der Waals surface area contributed by atoms with Crippen LogP contribution in [0.2, 0.25) is 5.02 Å². The van der Waals surface area contributed by atoms with Crippen molar-refractivity contribution >= 4 is 23.4 Å². The third kappa shape index (κ3) is 3.69. The number of hydrogen-bond acceptors (Lipinski definition) is 3. The summed E-state index contributed by atoms with van der Waals surface area (Å²) in [7, 11) is 0. The van der Waals surface area contributed by atoms with Gasteiger partial charge in [0.05, 0.1) is 0 Å². The van der Waals surface area contributed by atoms with Crippen LogP contribution in [0.5, 0.6) is 0 Å². The lowest BCUT2D eigenvalue weighted by molar-refractivity contribution is 0.466. The number of aromatic nitrogens is 1. The number of hydrogen-bond donors (Lipinski definition) is 0. The molecule has 0 saturated carbocycles. The van der Waals surface area contributed by atoms with Crippen molar-refractivity contribution in [3.05, 3.63) is 95.5 Å². The lowest BCUT2D eigenvalue weighted by Gasteiger charge is -2.01. The lowest BCUT2D eigenvalue weighted by Crippen LogP contribution is -1.83. The first-order valence-corrected chi connectivity index (χ1v) is 9.65. The Labute approximate surface area is 161 Å². The summed E-state index contributed by atoms with van der Waals surface area (Å²) < 4.78 is 6.13. The van der Waals surface area contributed by atoms with Gasteiger partial charge in [-0.25, -0.2) is 4.98 Å². The van der Waals surface area contributed by atoms with E-state index in [2.05, 4.69) is 0 Å². The summed E-state index contributed by atoms with van der Waals surface area (Å²) in [5.74, 6) is 1.50. The van der Waals surface area contributed by atoms with Crippen LogP contribution in [0.1, 0.15) is 5.56 Å². The summed E-state index contributed by atoms with van der Waals surface area (Å²) in [6.45, 7) is 0. The second-order valence-electron chi connectivity index (χ2n) is 5.77.